The summed E-state index contributed by atoms with van der Waals surface area (Å²) in [6.45, 7) is 14.9. The second-order valence-corrected chi connectivity index (χ2v) is 8.39. The van der Waals surface area contributed by atoms with Crippen LogP contribution in [0.2, 0.25) is 0 Å². The predicted octanol–water partition coefficient (Wildman–Crippen LogP) is 8.26. The quantitative estimate of drug-likeness (QED) is 0.380. The Bertz CT molecular complexity index is 808. The van der Waals surface area contributed by atoms with E-state index in [4.69, 9.17) is 4.42 Å². The molecule has 2 aromatic heterocycles. The lowest BCUT2D eigenvalue weighted by Gasteiger charge is -2.28. The molecular weight excluding hydrogens is 378 g/mol. The fraction of sp³-hybridized carbons (Fsp3) is 0.520. The summed E-state index contributed by atoms with van der Waals surface area (Å²) in [5.74, 6) is 0.391. The first kappa shape index (κ1) is 25.1. The van der Waals surface area contributed by atoms with Crippen LogP contribution in [0.15, 0.2) is 40.1 Å². The highest BCUT2D eigenvalue weighted by atomic mass is 32.1. The van der Waals surface area contributed by atoms with Crippen molar-refractivity contribution in [1.29, 1.82) is 0 Å². The molecule has 3 nitrogen and oxygen atoms in total. The molecule has 0 saturated heterocycles. The van der Waals surface area contributed by atoms with Gasteiger partial charge in [0.2, 0.25) is 0 Å². The third-order valence-corrected chi connectivity index (χ3v) is 6.62. The lowest BCUT2D eigenvalue weighted by Crippen LogP contribution is -2.15. The van der Waals surface area contributed by atoms with Crippen molar-refractivity contribution in [1.82, 2.24) is 4.98 Å². The number of fused-ring (bicyclic) bond motifs is 1. The van der Waals surface area contributed by atoms with Gasteiger partial charge in [0.1, 0.15) is 5.58 Å². The van der Waals surface area contributed by atoms with Crippen LogP contribution < -0.4 is 0 Å². The highest BCUT2D eigenvalue weighted by Gasteiger charge is 2.20. The number of rotatable bonds is 6. The van der Waals surface area contributed by atoms with Gasteiger partial charge in [-0.2, -0.15) is 0 Å². The highest BCUT2D eigenvalue weighted by molar-refractivity contribution is 7.09. The van der Waals surface area contributed by atoms with E-state index in [1.54, 1.807) is 17.4 Å². The molecule has 4 heteroatoms. The largest absolute Gasteiger partial charge is 0.453 e. The summed E-state index contributed by atoms with van der Waals surface area (Å²) < 4.78 is 5.28. The molecule has 0 aliphatic carbocycles. The van der Waals surface area contributed by atoms with Crippen molar-refractivity contribution in [2.75, 3.05) is 0 Å². The number of hydrogen-bond donors (Lipinski definition) is 0. The first-order valence-corrected chi connectivity index (χ1v) is 11.6. The summed E-state index contributed by atoms with van der Waals surface area (Å²) in [4.78, 5) is 15.2. The summed E-state index contributed by atoms with van der Waals surface area (Å²) in [7, 11) is 0. The van der Waals surface area contributed by atoms with Crippen molar-refractivity contribution in [3.05, 3.63) is 52.2 Å². The van der Waals surface area contributed by atoms with Crippen molar-refractivity contribution in [2.24, 2.45) is 5.41 Å². The normalized spacial score (nSPS) is 10.7. The molecule has 2 heterocycles. The molecule has 0 fully saturated rings. The second-order valence-electron chi connectivity index (χ2n) is 7.33. The number of aromatic nitrogens is 1. The third kappa shape index (κ3) is 7.77. The fourth-order valence-electron chi connectivity index (χ4n) is 3.23. The number of benzene rings is 1. The van der Waals surface area contributed by atoms with Crippen LogP contribution in [0.25, 0.3) is 11.0 Å². The summed E-state index contributed by atoms with van der Waals surface area (Å²) in [6.07, 6.45) is 6.43. The van der Waals surface area contributed by atoms with E-state index in [0.717, 1.165) is 17.4 Å². The van der Waals surface area contributed by atoms with Crippen LogP contribution in [0, 0.1) is 12.3 Å². The van der Waals surface area contributed by atoms with Gasteiger partial charge in [-0.25, -0.2) is 4.98 Å². The van der Waals surface area contributed by atoms with E-state index < -0.39 is 0 Å². The van der Waals surface area contributed by atoms with Crippen molar-refractivity contribution in [3.63, 3.8) is 0 Å². The maximum atomic E-state index is 10.9. The van der Waals surface area contributed by atoms with Gasteiger partial charge < -0.3 is 4.42 Å². The maximum absolute atomic E-state index is 10.9. The Morgan fingerprint density at radius 1 is 1.03 bits per heavy atom. The first-order valence-electron chi connectivity index (χ1n) is 10.7. The number of hydrogen-bond acceptors (Lipinski definition) is 4. The summed E-state index contributed by atoms with van der Waals surface area (Å²) in [6, 6.07) is 9.34. The molecule has 0 spiro atoms. The highest BCUT2D eigenvalue weighted by Crippen LogP contribution is 2.33. The van der Waals surface area contributed by atoms with E-state index in [-0.39, 0.29) is 5.78 Å². The molecule has 0 bridgehead atoms. The number of carbonyl (C=O) groups excluding carboxylic acids is 1. The van der Waals surface area contributed by atoms with Crippen LogP contribution in [-0.4, -0.2) is 10.8 Å². The van der Waals surface area contributed by atoms with Gasteiger partial charge in [-0.05, 0) is 30.9 Å². The van der Waals surface area contributed by atoms with E-state index in [1.807, 2.05) is 31.2 Å². The van der Waals surface area contributed by atoms with Crippen LogP contribution in [0.4, 0.5) is 0 Å². The van der Waals surface area contributed by atoms with Gasteiger partial charge in [0.25, 0.3) is 0 Å². The molecular formula is C25H37NO2S. The topological polar surface area (TPSA) is 43.1 Å². The monoisotopic (exact) mass is 415 g/mol. The van der Waals surface area contributed by atoms with Gasteiger partial charge in [-0.1, -0.05) is 78.5 Å². The number of furan rings is 1. The molecule has 0 aliphatic rings. The van der Waals surface area contributed by atoms with Crippen LogP contribution in [0.5, 0.6) is 0 Å². The number of ketones is 1. The van der Waals surface area contributed by atoms with Gasteiger partial charge in [-0.15, -0.1) is 11.3 Å². The second kappa shape index (κ2) is 12.6. The van der Waals surface area contributed by atoms with Crippen LogP contribution in [0.3, 0.4) is 0 Å². The van der Waals surface area contributed by atoms with E-state index in [0.29, 0.717) is 11.2 Å². The minimum atomic E-state index is -0.0359. The van der Waals surface area contributed by atoms with Gasteiger partial charge in [0, 0.05) is 17.7 Å². The van der Waals surface area contributed by atoms with Crippen molar-refractivity contribution >= 4 is 28.1 Å². The number of aryl methyl sites for hydroxylation is 2. The van der Waals surface area contributed by atoms with Crippen molar-refractivity contribution in [3.8, 4) is 0 Å². The molecule has 0 amide bonds. The maximum Gasteiger partial charge on any atom is 0.194 e. The number of Topliss-reactive ketones (excluding diaryl/α,β-unsaturated/α-hetero) is 1. The molecule has 0 atom stereocenters. The third-order valence-electron chi connectivity index (χ3n) is 5.80. The van der Waals surface area contributed by atoms with Crippen LogP contribution >= 0.6 is 11.3 Å². The van der Waals surface area contributed by atoms with Gasteiger partial charge >= 0.3 is 0 Å². The lowest BCUT2D eigenvalue weighted by molar-refractivity contribution is 0.0989. The Hall–Kier alpha value is -1.94. The van der Waals surface area contributed by atoms with E-state index in [1.165, 1.54) is 43.3 Å². The molecule has 160 valence electrons. The van der Waals surface area contributed by atoms with Gasteiger partial charge in [0.05, 0.1) is 10.7 Å². The summed E-state index contributed by atoms with van der Waals surface area (Å²) in [5, 5.41) is 4.25. The van der Waals surface area contributed by atoms with Crippen molar-refractivity contribution in [2.45, 2.75) is 80.6 Å². The van der Waals surface area contributed by atoms with Gasteiger partial charge in [0.15, 0.2) is 11.5 Å². The van der Waals surface area contributed by atoms with Crippen LogP contribution in [-0.2, 0) is 6.42 Å². The zero-order valence-corrected chi connectivity index (χ0v) is 20.0. The number of thiazole rings is 1. The Morgan fingerprint density at radius 3 is 1.97 bits per heavy atom. The number of nitrogens with zero attached hydrogens (tertiary/aromatic N) is 1. The fourth-order valence-corrected chi connectivity index (χ4v) is 3.92. The Labute approximate surface area is 180 Å². The van der Waals surface area contributed by atoms with Gasteiger partial charge in [-0.3, -0.25) is 4.79 Å². The van der Waals surface area contributed by atoms with Crippen LogP contribution in [0.1, 0.15) is 88.5 Å². The minimum absolute atomic E-state index is 0.0359. The Kier molecular flexibility index (Phi) is 10.9. The summed E-state index contributed by atoms with van der Waals surface area (Å²) in [5.41, 5.74) is 2.65. The summed E-state index contributed by atoms with van der Waals surface area (Å²) >= 11 is 1.72. The molecule has 29 heavy (non-hydrogen) atoms. The average Bonchev–Trinajstić information content (AvgIpc) is 3.37. The molecule has 3 rings (SSSR count). The smallest absolute Gasteiger partial charge is 0.194 e. The minimum Gasteiger partial charge on any atom is -0.453 e. The van der Waals surface area contributed by atoms with Crippen molar-refractivity contribution < 1.29 is 9.21 Å². The van der Waals surface area contributed by atoms with E-state index in [2.05, 4.69) is 45.0 Å². The Balaban J connectivity index is 0.000000224. The molecule has 0 saturated carbocycles. The molecule has 0 N–H and O–H groups in total. The van der Waals surface area contributed by atoms with E-state index >= 15 is 0 Å². The number of para-hydroxylation sites is 1. The Morgan fingerprint density at radius 2 is 1.62 bits per heavy atom. The lowest BCUT2D eigenvalue weighted by atomic mass is 9.78. The molecule has 0 radical (unpaired) electrons. The molecule has 0 unspecified atom stereocenters. The standard InChI is InChI=1S/C10H8O2.C9H20.C6H9NS/c1-7(11)10-6-8-4-2-3-5-9(8)12-10;1-5-9(6-2,7-3)8-4;1-3-6-4-8-5(2)7-6/h2-6H,1H3;5-8H2,1-4H3;4H,3H2,1-2H3. The molecule has 1 aromatic carbocycles. The molecule has 3 aromatic rings. The SMILES string of the molecule is CC(=O)c1cc2ccccc2o1.CCC(CC)(CC)CC.CCc1csc(C)n1. The zero-order chi connectivity index (χ0) is 21.9. The average molecular weight is 416 g/mol. The predicted molar refractivity (Wildman–Crippen MR) is 126 cm³/mol. The number of carbonyl (C=O) groups is 1. The molecule has 0 aliphatic heterocycles. The first-order chi connectivity index (χ1) is 13.8. The zero-order valence-electron chi connectivity index (χ0n) is 19.2. The van der Waals surface area contributed by atoms with E-state index in [9.17, 15) is 4.79 Å².